The summed E-state index contributed by atoms with van der Waals surface area (Å²) in [6.07, 6.45) is 2.35. The molecule has 122 valence electrons. The summed E-state index contributed by atoms with van der Waals surface area (Å²) in [4.78, 5) is 15.9. The minimum absolute atomic E-state index is 0.135. The first-order valence-corrected chi connectivity index (χ1v) is 7.94. The predicted molar refractivity (Wildman–Crippen MR) is 85.5 cm³/mol. The molecule has 0 unspecified atom stereocenters. The van der Waals surface area contributed by atoms with E-state index in [0.29, 0.717) is 25.3 Å². The number of rotatable bonds is 3. The van der Waals surface area contributed by atoms with E-state index in [2.05, 4.69) is 31.9 Å². The van der Waals surface area contributed by atoms with E-state index in [-0.39, 0.29) is 5.91 Å². The zero-order chi connectivity index (χ0) is 16.5. The topological polar surface area (TPSA) is 81.7 Å². The largest absolute Gasteiger partial charge is 0.328 e. The molecule has 1 aliphatic rings. The maximum absolute atomic E-state index is 12.7. The van der Waals surface area contributed by atoms with Gasteiger partial charge >= 0.3 is 0 Å². The number of fused-ring (bicyclic) bond motifs is 1. The number of aryl methyl sites for hydroxylation is 1. The van der Waals surface area contributed by atoms with Crippen molar-refractivity contribution in [1.82, 2.24) is 34.7 Å². The van der Waals surface area contributed by atoms with Gasteiger partial charge in [-0.15, -0.1) is 15.3 Å². The van der Waals surface area contributed by atoms with Gasteiger partial charge in [-0.1, -0.05) is 25.1 Å². The summed E-state index contributed by atoms with van der Waals surface area (Å²) in [6, 6.07) is 9.52. The molecular formula is C16H17N7O. The van der Waals surface area contributed by atoms with Gasteiger partial charge in [0.15, 0.2) is 11.5 Å². The molecule has 3 aromatic rings. The van der Waals surface area contributed by atoms with Crippen molar-refractivity contribution < 1.29 is 4.79 Å². The van der Waals surface area contributed by atoms with E-state index < -0.39 is 0 Å². The molecule has 0 atom stereocenters. The fourth-order valence-corrected chi connectivity index (χ4v) is 2.86. The number of benzene rings is 1. The first kappa shape index (κ1) is 14.6. The molecule has 0 saturated carbocycles. The lowest BCUT2D eigenvalue weighted by molar-refractivity contribution is 0.0700. The maximum Gasteiger partial charge on any atom is 0.276 e. The van der Waals surface area contributed by atoms with Gasteiger partial charge in [-0.25, -0.2) is 0 Å². The molecule has 8 heteroatoms. The summed E-state index contributed by atoms with van der Waals surface area (Å²) < 4.78 is 2.09. The monoisotopic (exact) mass is 323 g/mol. The van der Waals surface area contributed by atoms with Gasteiger partial charge in [0.25, 0.3) is 5.91 Å². The Labute approximate surface area is 138 Å². The first-order chi connectivity index (χ1) is 11.8. The number of aromatic nitrogens is 6. The normalized spacial score (nSPS) is 13.8. The van der Waals surface area contributed by atoms with E-state index in [9.17, 15) is 4.79 Å². The molecule has 1 aliphatic heterocycles. The van der Waals surface area contributed by atoms with Gasteiger partial charge in [-0.3, -0.25) is 4.79 Å². The lowest BCUT2D eigenvalue weighted by atomic mass is 10.3. The number of amides is 1. The third-order valence-electron chi connectivity index (χ3n) is 4.13. The Kier molecular flexibility index (Phi) is 3.56. The average Bonchev–Trinajstić information content (AvgIpc) is 3.28. The lowest BCUT2D eigenvalue weighted by Crippen LogP contribution is -2.39. The smallest absolute Gasteiger partial charge is 0.276 e. The zero-order valence-corrected chi connectivity index (χ0v) is 13.3. The molecule has 1 aromatic carbocycles. The van der Waals surface area contributed by atoms with Crippen molar-refractivity contribution in [3.8, 4) is 5.69 Å². The molecule has 0 bridgehead atoms. The highest BCUT2D eigenvalue weighted by Crippen LogP contribution is 2.15. The second-order valence-corrected chi connectivity index (χ2v) is 5.62. The van der Waals surface area contributed by atoms with E-state index in [0.717, 1.165) is 23.8 Å². The van der Waals surface area contributed by atoms with Crippen molar-refractivity contribution in [2.45, 2.75) is 26.4 Å². The summed E-state index contributed by atoms with van der Waals surface area (Å²) in [5.41, 5.74) is 1.16. The zero-order valence-electron chi connectivity index (χ0n) is 13.3. The van der Waals surface area contributed by atoms with Crippen LogP contribution in [0.5, 0.6) is 0 Å². The molecule has 0 N–H and O–H groups in total. The molecule has 0 spiro atoms. The number of hydrogen-bond donors (Lipinski definition) is 0. The van der Waals surface area contributed by atoms with Gasteiger partial charge in [0.2, 0.25) is 0 Å². The number of carbonyl (C=O) groups is 1. The summed E-state index contributed by atoms with van der Waals surface area (Å²) in [5, 5.41) is 16.8. The highest BCUT2D eigenvalue weighted by atomic mass is 16.2. The average molecular weight is 323 g/mol. The Bertz CT molecular complexity index is 868. The van der Waals surface area contributed by atoms with Crippen LogP contribution in [-0.4, -0.2) is 47.1 Å². The molecule has 0 fully saturated rings. The van der Waals surface area contributed by atoms with Crippen LogP contribution < -0.4 is 0 Å². The molecular weight excluding hydrogens is 306 g/mol. The van der Waals surface area contributed by atoms with Crippen LogP contribution in [0.25, 0.3) is 5.69 Å². The fraction of sp³-hybridized carbons (Fsp3) is 0.312. The van der Waals surface area contributed by atoms with Crippen LogP contribution in [0, 0.1) is 0 Å². The van der Waals surface area contributed by atoms with Crippen LogP contribution in [0.3, 0.4) is 0 Å². The van der Waals surface area contributed by atoms with Crippen molar-refractivity contribution in [2.24, 2.45) is 0 Å². The standard InChI is InChI=1S/C16H17N7O/c1-2-14-18-19-15-11-21(8-9-22(14)15)16(24)13-10-17-23(20-13)12-6-4-3-5-7-12/h3-7,10H,2,8-9,11H2,1H3. The van der Waals surface area contributed by atoms with Crippen molar-refractivity contribution in [1.29, 1.82) is 0 Å². The summed E-state index contributed by atoms with van der Waals surface area (Å²) in [7, 11) is 0. The Hall–Kier alpha value is -3.03. The molecule has 3 heterocycles. The molecule has 2 aromatic heterocycles. The van der Waals surface area contributed by atoms with Crippen LogP contribution in [0.4, 0.5) is 0 Å². The van der Waals surface area contributed by atoms with Crippen LogP contribution >= 0.6 is 0 Å². The van der Waals surface area contributed by atoms with Crippen molar-refractivity contribution >= 4 is 5.91 Å². The van der Waals surface area contributed by atoms with Gasteiger partial charge < -0.3 is 9.47 Å². The third kappa shape index (κ3) is 2.45. The third-order valence-corrected chi connectivity index (χ3v) is 4.13. The molecule has 0 saturated heterocycles. The number of para-hydroxylation sites is 1. The molecule has 8 nitrogen and oxygen atoms in total. The molecule has 0 radical (unpaired) electrons. The van der Waals surface area contributed by atoms with Crippen LogP contribution in [0.1, 0.15) is 29.1 Å². The number of carbonyl (C=O) groups excluding carboxylic acids is 1. The SMILES string of the molecule is CCc1nnc2n1CCN(C(=O)c1cnn(-c3ccccc3)n1)C2. The van der Waals surface area contributed by atoms with Gasteiger partial charge in [-0.2, -0.15) is 9.90 Å². The van der Waals surface area contributed by atoms with E-state index in [1.54, 1.807) is 4.90 Å². The maximum atomic E-state index is 12.7. The molecule has 4 rings (SSSR count). The van der Waals surface area contributed by atoms with Gasteiger partial charge in [0, 0.05) is 19.5 Å². The highest BCUT2D eigenvalue weighted by Gasteiger charge is 2.26. The lowest BCUT2D eigenvalue weighted by Gasteiger charge is -2.27. The fourth-order valence-electron chi connectivity index (χ4n) is 2.86. The first-order valence-electron chi connectivity index (χ1n) is 7.94. The van der Waals surface area contributed by atoms with Crippen LogP contribution in [-0.2, 0) is 19.5 Å². The highest BCUT2D eigenvalue weighted by molar-refractivity contribution is 5.91. The Morgan fingerprint density at radius 2 is 2.00 bits per heavy atom. The summed E-state index contributed by atoms with van der Waals surface area (Å²) >= 11 is 0. The molecule has 24 heavy (non-hydrogen) atoms. The van der Waals surface area contributed by atoms with Crippen LogP contribution in [0.2, 0.25) is 0 Å². The Morgan fingerprint density at radius 3 is 2.79 bits per heavy atom. The quantitative estimate of drug-likeness (QED) is 0.720. The van der Waals surface area contributed by atoms with Crippen molar-refractivity contribution in [2.75, 3.05) is 6.54 Å². The predicted octanol–water partition coefficient (Wildman–Crippen LogP) is 1.08. The van der Waals surface area contributed by atoms with Gasteiger partial charge in [0.1, 0.15) is 5.82 Å². The van der Waals surface area contributed by atoms with Crippen LogP contribution in [0.15, 0.2) is 36.5 Å². The Morgan fingerprint density at radius 1 is 1.17 bits per heavy atom. The van der Waals surface area contributed by atoms with Crippen molar-refractivity contribution in [3.05, 3.63) is 53.9 Å². The second kappa shape index (κ2) is 5.88. The van der Waals surface area contributed by atoms with E-state index in [1.807, 2.05) is 30.3 Å². The number of nitrogens with zero attached hydrogens (tertiary/aromatic N) is 7. The van der Waals surface area contributed by atoms with Gasteiger partial charge in [0.05, 0.1) is 18.4 Å². The Balaban J connectivity index is 1.54. The van der Waals surface area contributed by atoms with E-state index >= 15 is 0 Å². The molecule has 1 amide bonds. The number of hydrogen-bond acceptors (Lipinski definition) is 5. The van der Waals surface area contributed by atoms with E-state index in [4.69, 9.17) is 0 Å². The summed E-state index contributed by atoms with van der Waals surface area (Å²) in [5.74, 6) is 1.65. The van der Waals surface area contributed by atoms with Crippen molar-refractivity contribution in [3.63, 3.8) is 0 Å². The minimum atomic E-state index is -0.135. The van der Waals surface area contributed by atoms with E-state index in [1.165, 1.54) is 11.0 Å². The van der Waals surface area contributed by atoms with Gasteiger partial charge in [-0.05, 0) is 12.1 Å². The second-order valence-electron chi connectivity index (χ2n) is 5.62. The minimum Gasteiger partial charge on any atom is -0.328 e. The summed E-state index contributed by atoms with van der Waals surface area (Å²) in [6.45, 7) is 3.83. The molecule has 0 aliphatic carbocycles.